The van der Waals surface area contributed by atoms with Gasteiger partial charge in [-0.15, -0.1) is 0 Å². The first-order valence-corrected chi connectivity index (χ1v) is 14.7. The summed E-state index contributed by atoms with van der Waals surface area (Å²) in [5.74, 6) is 0. The molecule has 234 valence electrons. The van der Waals surface area contributed by atoms with E-state index < -0.39 is 276 Å². The molecule has 0 radical (unpaired) electrons. The van der Waals surface area contributed by atoms with E-state index in [0.29, 0.717) is 0 Å². The molecule has 8 aromatic carbocycles. The van der Waals surface area contributed by atoms with Crippen molar-refractivity contribution in [3.8, 4) is 44.8 Å². The maximum absolute atomic E-state index is 9.84. The highest BCUT2D eigenvalue weighted by atomic mass is 15.0. The number of benzene rings is 8. The SMILES string of the molecule is [2H]c1cc(-n2c3c([2H])c([2H])c([2H])c([2H])c3c3c([2H])c(-c4c([2H])c([2H])c5c(c4[2H])c4c([2H])c([2H])c([2H])c([2H])c4n5-c4c([2H])c([2H])c([2H])c([2H])c4[2H])c([2H])c([2H])c32)c([2H])c([2H])c1-c1c([2H])c([2H])c([2H])c(-c2c([2H])c([2H])c([2H])c([2H])c2[2H])c1[2H]. The predicted molar refractivity (Wildman–Crippen MR) is 211 cm³/mol. The number of aromatic nitrogens is 2. The molecule has 0 aliphatic heterocycles. The Kier molecular flexibility index (Phi) is 2.58. The van der Waals surface area contributed by atoms with Crippen molar-refractivity contribution in [1.82, 2.24) is 9.13 Å². The van der Waals surface area contributed by atoms with Gasteiger partial charge < -0.3 is 9.13 Å². The van der Waals surface area contributed by atoms with Crippen LogP contribution in [0.5, 0.6) is 0 Å². The number of rotatable bonds is 5. The van der Waals surface area contributed by atoms with Gasteiger partial charge in [0.1, 0.15) is 0 Å². The van der Waals surface area contributed by atoms with E-state index in [1.165, 1.54) is 0 Å². The Morgan fingerprint density at radius 3 is 1.34 bits per heavy atom. The van der Waals surface area contributed by atoms with Crippen molar-refractivity contribution in [3.05, 3.63) is 193 Å². The minimum atomic E-state index is -1.04. The van der Waals surface area contributed by atoms with E-state index in [0.717, 1.165) is 15.2 Å². The van der Waals surface area contributed by atoms with Gasteiger partial charge in [0.2, 0.25) is 0 Å². The van der Waals surface area contributed by atoms with Gasteiger partial charge in [-0.1, -0.05) is 127 Å². The van der Waals surface area contributed by atoms with Crippen LogP contribution in [0.25, 0.3) is 88.4 Å². The summed E-state index contributed by atoms with van der Waals surface area (Å²) in [6.45, 7) is 0. The van der Waals surface area contributed by atoms with Crippen LogP contribution in [0.2, 0.25) is 0 Å². The summed E-state index contributed by atoms with van der Waals surface area (Å²) in [4.78, 5) is 0. The Balaban J connectivity index is 1.33. The molecule has 0 saturated carbocycles. The summed E-state index contributed by atoms with van der Waals surface area (Å²) in [6, 6.07) is -27.6. The van der Waals surface area contributed by atoms with Crippen LogP contribution >= 0.6 is 0 Å². The molecule has 0 unspecified atom stereocenters. The Morgan fingerprint density at radius 1 is 0.280 bits per heavy atom. The van der Waals surface area contributed by atoms with Crippen molar-refractivity contribution in [2.75, 3.05) is 0 Å². The second-order valence-electron chi connectivity index (χ2n) is 10.6. The van der Waals surface area contributed by atoms with Crippen LogP contribution in [-0.2, 0) is 0 Å². The molecule has 2 nitrogen and oxygen atoms in total. The maximum Gasteiger partial charge on any atom is 0.0645 e. The van der Waals surface area contributed by atoms with Gasteiger partial charge in [0, 0.05) is 32.9 Å². The van der Waals surface area contributed by atoms with Crippen molar-refractivity contribution >= 4 is 43.6 Å². The van der Waals surface area contributed by atoms with E-state index in [-0.39, 0.29) is 0 Å². The van der Waals surface area contributed by atoms with Crippen molar-refractivity contribution in [2.45, 2.75) is 0 Å². The molecule has 0 atom stereocenters. The maximum atomic E-state index is 9.84. The Hall–Kier alpha value is -6.64. The fraction of sp³-hybridized carbons (Fsp3) is 0. The summed E-state index contributed by atoms with van der Waals surface area (Å²) >= 11 is 0. The van der Waals surface area contributed by atoms with Crippen molar-refractivity contribution < 1.29 is 42.5 Å². The van der Waals surface area contributed by atoms with Gasteiger partial charge in [-0.2, -0.15) is 0 Å². The lowest BCUT2D eigenvalue weighted by atomic mass is 9.99. The quantitative estimate of drug-likeness (QED) is 0.173. The van der Waals surface area contributed by atoms with Crippen LogP contribution in [0.1, 0.15) is 42.5 Å². The third-order valence-corrected chi connectivity index (χ3v) is 7.81. The minimum Gasteiger partial charge on any atom is -0.309 e. The lowest BCUT2D eigenvalue weighted by Gasteiger charge is -2.11. The molecule has 2 aromatic heterocycles. The monoisotopic (exact) mass is 667 g/mol. The lowest BCUT2D eigenvalue weighted by Crippen LogP contribution is -1.94. The van der Waals surface area contributed by atoms with E-state index in [1.54, 1.807) is 0 Å². The molecule has 0 bridgehead atoms. The highest BCUT2D eigenvalue weighted by molar-refractivity contribution is 6.12. The van der Waals surface area contributed by atoms with Crippen molar-refractivity contribution in [3.63, 3.8) is 0 Å². The molecular formula is C48H32N2. The summed E-state index contributed by atoms with van der Waals surface area (Å²) in [5.41, 5.74) is -8.45. The highest BCUT2D eigenvalue weighted by Gasteiger charge is 2.16. The molecule has 0 N–H and O–H groups in total. The first kappa shape index (κ1) is 11.2. The predicted octanol–water partition coefficient (Wildman–Crippen LogP) is 12.9. The van der Waals surface area contributed by atoms with E-state index >= 15 is 0 Å². The Bertz CT molecular complexity index is 4590. The van der Waals surface area contributed by atoms with Gasteiger partial charge in [-0.25, -0.2) is 0 Å². The highest BCUT2D eigenvalue weighted by Crippen LogP contribution is 2.38. The second kappa shape index (κ2) is 11.5. The molecule has 50 heavy (non-hydrogen) atoms. The van der Waals surface area contributed by atoms with Gasteiger partial charge in [0.15, 0.2) is 0 Å². The van der Waals surface area contributed by atoms with E-state index in [4.69, 9.17) is 27.4 Å². The molecule has 10 aromatic rings. The minimum absolute atomic E-state index is 0.558. The lowest BCUT2D eigenvalue weighted by molar-refractivity contribution is 1.18. The Morgan fingerprint density at radius 2 is 0.720 bits per heavy atom. The third kappa shape index (κ3) is 4.57. The molecule has 0 aliphatic carbocycles. The van der Waals surface area contributed by atoms with Gasteiger partial charge in [-0.3, -0.25) is 0 Å². The molecule has 2 heteroatoms. The van der Waals surface area contributed by atoms with Crippen LogP contribution in [0.3, 0.4) is 0 Å². The summed E-state index contributed by atoms with van der Waals surface area (Å²) in [7, 11) is 0. The third-order valence-electron chi connectivity index (χ3n) is 7.81. The molecule has 2 heterocycles. The molecule has 0 aliphatic rings. The van der Waals surface area contributed by atoms with Gasteiger partial charge in [0.25, 0.3) is 0 Å². The largest absolute Gasteiger partial charge is 0.309 e. The summed E-state index contributed by atoms with van der Waals surface area (Å²) in [5, 5.41) is -2.35. The molecule has 0 saturated heterocycles. The first-order valence-electron chi connectivity index (χ1n) is 30.2. The number of hydrogen-bond acceptors (Lipinski definition) is 0. The van der Waals surface area contributed by atoms with Crippen LogP contribution in [0.15, 0.2) is 193 Å². The molecule has 0 fully saturated rings. The average Bonchev–Trinajstić information content (AvgIpc) is 3.48. The zero-order valence-electron chi connectivity index (χ0n) is 56.0. The number of nitrogens with zero attached hydrogens (tertiary/aromatic N) is 2. The normalized spacial score (nSPS) is 20.3. The van der Waals surface area contributed by atoms with Crippen LogP contribution in [-0.4, -0.2) is 9.13 Å². The standard InChI is InChI=1S/C48H32N2/c1-3-12-33(13-4-1)35-14-11-15-36(30-35)34-22-26-40(27-23-34)50-46-21-10-8-19-42(46)44-32-38(25-29-48(44)50)37-24-28-47-43(31-37)41-18-7-9-20-45(41)49(47)39-16-5-2-6-17-39/h1-32H/i1D,2D,3D,4D,5D,6D,7D,8D,9D,10D,11D,12D,13D,14D,15D,16D,17D,18D,19D,20D,21D,22D,23D,24D,25D,26D,28D,29D,30D,31D,32D. The molecule has 0 spiro atoms. The smallest absolute Gasteiger partial charge is 0.0645 e. The number of fused-ring (bicyclic) bond motifs is 6. The fourth-order valence-electron chi connectivity index (χ4n) is 5.66. The zero-order chi connectivity index (χ0) is 60.0. The van der Waals surface area contributed by atoms with Crippen molar-refractivity contribution in [1.29, 1.82) is 0 Å². The van der Waals surface area contributed by atoms with Gasteiger partial charge >= 0.3 is 0 Å². The molecular weight excluding hydrogens is 605 g/mol. The second-order valence-corrected chi connectivity index (χ2v) is 10.6. The zero-order valence-corrected chi connectivity index (χ0v) is 25.0. The van der Waals surface area contributed by atoms with Crippen LogP contribution < -0.4 is 0 Å². The Labute approximate surface area is 334 Å². The molecule has 10 rings (SSSR count). The van der Waals surface area contributed by atoms with E-state index in [1.807, 2.05) is 0 Å². The summed E-state index contributed by atoms with van der Waals surface area (Å²) < 4.78 is 278. The number of hydrogen-bond donors (Lipinski definition) is 0. The van der Waals surface area contributed by atoms with Crippen molar-refractivity contribution in [2.24, 2.45) is 0 Å². The topological polar surface area (TPSA) is 9.86 Å². The molecule has 0 amide bonds. The van der Waals surface area contributed by atoms with Gasteiger partial charge in [-0.05, 0) is 99.9 Å². The number of para-hydroxylation sites is 3. The average molecular weight is 668 g/mol. The van der Waals surface area contributed by atoms with Crippen LogP contribution in [0, 0.1) is 0 Å². The van der Waals surface area contributed by atoms with Gasteiger partial charge in [0.05, 0.1) is 64.6 Å². The van der Waals surface area contributed by atoms with E-state index in [9.17, 15) is 15.1 Å². The van der Waals surface area contributed by atoms with E-state index in [2.05, 4.69) is 0 Å². The summed E-state index contributed by atoms with van der Waals surface area (Å²) in [6.07, 6.45) is 0. The first-order chi connectivity index (χ1) is 37.7. The fourth-order valence-corrected chi connectivity index (χ4v) is 5.66. The van der Waals surface area contributed by atoms with Crippen LogP contribution in [0.4, 0.5) is 0 Å².